The maximum Gasteiger partial charge on any atom is 0.255 e. The Balaban J connectivity index is 1.52. The van der Waals surface area contributed by atoms with Crippen LogP contribution in [0.4, 0.5) is 15.8 Å². The topological polar surface area (TPSA) is 145 Å². The van der Waals surface area contributed by atoms with Gasteiger partial charge < -0.3 is 15.7 Å². The van der Waals surface area contributed by atoms with Crippen molar-refractivity contribution in [1.82, 2.24) is 30.0 Å². The van der Waals surface area contributed by atoms with Gasteiger partial charge in [0, 0.05) is 41.1 Å². The summed E-state index contributed by atoms with van der Waals surface area (Å²) in [6.45, 7) is 2.32. The van der Waals surface area contributed by atoms with Gasteiger partial charge in [0.25, 0.3) is 5.91 Å². The number of fused-ring (bicyclic) bond motifs is 2. The van der Waals surface area contributed by atoms with Gasteiger partial charge in [0.05, 0.1) is 40.7 Å². The molecular weight excluding hydrogens is 475 g/mol. The molecule has 1 amide bonds. The maximum absolute atomic E-state index is 14.3. The molecule has 0 aliphatic carbocycles. The van der Waals surface area contributed by atoms with E-state index in [4.69, 9.17) is 5.26 Å². The Bertz CT molecular complexity index is 1660. The Hall–Kier alpha value is -4.82. The summed E-state index contributed by atoms with van der Waals surface area (Å²) in [5.74, 6) is -0.0671. The number of H-pyrrole nitrogens is 1. The standard InChI is InChI=1S/C26H23FN8O2/c1-26(2,37)22(27)14-31-25(36)19-13-29-23(35-6-5-16-7-15(10-28)11-30-24(16)35)9-21(19)33-18-3-4-20-17(8-18)12-32-34-20/h3-9,11-13,22,37H,14H2,1-2H3,(H,29,33)(H,31,36)(H,32,34). The molecule has 11 heteroatoms. The minimum Gasteiger partial charge on any atom is -0.387 e. The Morgan fingerprint density at radius 1 is 1.19 bits per heavy atom. The molecule has 0 radical (unpaired) electrons. The molecule has 4 aromatic heterocycles. The number of nitrogens with one attached hydrogen (secondary N) is 3. The first-order chi connectivity index (χ1) is 17.7. The average Bonchev–Trinajstić information content (AvgIpc) is 3.52. The molecule has 1 unspecified atom stereocenters. The van der Waals surface area contributed by atoms with Gasteiger partial charge in [-0.25, -0.2) is 14.4 Å². The van der Waals surface area contributed by atoms with Crippen LogP contribution >= 0.6 is 0 Å². The van der Waals surface area contributed by atoms with Crippen LogP contribution in [0.1, 0.15) is 29.8 Å². The first-order valence-electron chi connectivity index (χ1n) is 11.5. The number of hydrogen-bond acceptors (Lipinski definition) is 7. The predicted molar refractivity (Wildman–Crippen MR) is 136 cm³/mol. The fourth-order valence-electron chi connectivity index (χ4n) is 3.83. The van der Waals surface area contributed by atoms with E-state index in [9.17, 15) is 14.3 Å². The molecule has 4 N–H and O–H groups in total. The number of amides is 1. The molecule has 10 nitrogen and oxygen atoms in total. The molecule has 0 saturated heterocycles. The van der Waals surface area contributed by atoms with Crippen molar-refractivity contribution in [3.8, 4) is 11.9 Å². The number of hydrogen-bond donors (Lipinski definition) is 4. The van der Waals surface area contributed by atoms with Crippen LogP contribution in [0, 0.1) is 11.3 Å². The smallest absolute Gasteiger partial charge is 0.255 e. The summed E-state index contributed by atoms with van der Waals surface area (Å²) in [7, 11) is 0. The Kier molecular flexibility index (Phi) is 6.02. The SMILES string of the molecule is CC(C)(O)C(F)CNC(=O)c1cnc(-n2ccc3cc(C#N)cnc32)cc1Nc1ccc2[nH]ncc2c1. The summed E-state index contributed by atoms with van der Waals surface area (Å²) in [6, 6.07) is 12.9. The number of rotatable bonds is 7. The lowest BCUT2D eigenvalue weighted by atomic mass is 10.0. The van der Waals surface area contributed by atoms with Crippen LogP contribution in [0.2, 0.25) is 0 Å². The Morgan fingerprint density at radius 2 is 2.03 bits per heavy atom. The van der Waals surface area contributed by atoms with Crippen molar-refractivity contribution >= 4 is 39.2 Å². The van der Waals surface area contributed by atoms with Crippen LogP contribution in [0.25, 0.3) is 27.8 Å². The number of aromatic amines is 1. The molecule has 1 aromatic carbocycles. The number of anilines is 2. The summed E-state index contributed by atoms with van der Waals surface area (Å²) in [6.07, 6.45) is 4.70. The van der Waals surface area contributed by atoms with E-state index in [1.165, 1.54) is 26.2 Å². The highest BCUT2D eigenvalue weighted by Crippen LogP contribution is 2.27. The maximum atomic E-state index is 14.3. The van der Waals surface area contributed by atoms with Crippen molar-refractivity contribution in [2.45, 2.75) is 25.6 Å². The zero-order chi connectivity index (χ0) is 26.2. The lowest BCUT2D eigenvalue weighted by molar-refractivity contribution is -0.00177. The van der Waals surface area contributed by atoms with E-state index in [2.05, 4.69) is 36.9 Å². The molecule has 5 rings (SSSR count). The number of nitrogens with zero attached hydrogens (tertiary/aromatic N) is 5. The van der Waals surface area contributed by atoms with Crippen LogP contribution < -0.4 is 10.6 Å². The molecule has 0 spiro atoms. The first-order valence-corrected chi connectivity index (χ1v) is 11.5. The molecule has 0 aliphatic heterocycles. The van der Waals surface area contributed by atoms with E-state index in [1.54, 1.807) is 29.1 Å². The summed E-state index contributed by atoms with van der Waals surface area (Å²) in [5.41, 5.74) is 1.63. The summed E-state index contributed by atoms with van der Waals surface area (Å²) < 4.78 is 16.0. The molecule has 186 valence electrons. The van der Waals surface area contributed by atoms with Crippen LogP contribution in [0.3, 0.4) is 0 Å². The van der Waals surface area contributed by atoms with Crippen LogP contribution in [-0.4, -0.2) is 54.1 Å². The van der Waals surface area contributed by atoms with E-state index in [1.807, 2.05) is 24.3 Å². The van der Waals surface area contributed by atoms with Gasteiger partial charge in [-0.05, 0) is 44.2 Å². The van der Waals surface area contributed by atoms with Gasteiger partial charge in [-0.2, -0.15) is 10.4 Å². The van der Waals surface area contributed by atoms with Gasteiger partial charge in [0.1, 0.15) is 23.7 Å². The van der Waals surface area contributed by atoms with Crippen LogP contribution in [-0.2, 0) is 0 Å². The fourth-order valence-corrected chi connectivity index (χ4v) is 3.83. The number of carbonyl (C=O) groups is 1. The number of alkyl halides is 1. The van der Waals surface area contributed by atoms with Crippen molar-refractivity contribution in [2.24, 2.45) is 0 Å². The van der Waals surface area contributed by atoms with Crippen LogP contribution in [0.5, 0.6) is 0 Å². The van der Waals surface area contributed by atoms with E-state index >= 15 is 0 Å². The molecular formula is C26H23FN8O2. The number of halogens is 1. The second-order valence-electron chi connectivity index (χ2n) is 9.15. The molecule has 4 heterocycles. The van der Waals surface area contributed by atoms with Crippen LogP contribution in [0.15, 0.2) is 61.2 Å². The monoisotopic (exact) mass is 498 g/mol. The molecule has 0 bridgehead atoms. The molecule has 5 aromatic rings. The normalized spacial score (nSPS) is 12.4. The minimum absolute atomic E-state index is 0.190. The van der Waals surface area contributed by atoms with Gasteiger partial charge in [0.15, 0.2) is 0 Å². The molecule has 0 fully saturated rings. The highest BCUT2D eigenvalue weighted by atomic mass is 19.1. The number of benzene rings is 1. The van der Waals surface area contributed by atoms with Crippen molar-refractivity contribution in [3.05, 3.63) is 72.3 Å². The van der Waals surface area contributed by atoms with Gasteiger partial charge in [-0.3, -0.25) is 14.5 Å². The molecule has 0 aliphatic rings. The third-order valence-electron chi connectivity index (χ3n) is 5.96. The minimum atomic E-state index is -1.65. The number of nitriles is 1. The number of carbonyl (C=O) groups excluding carboxylic acids is 1. The fraction of sp³-hybridized carbons (Fsp3) is 0.192. The third-order valence-corrected chi connectivity index (χ3v) is 5.96. The molecule has 1 atom stereocenters. The largest absolute Gasteiger partial charge is 0.387 e. The van der Waals surface area contributed by atoms with Crippen molar-refractivity contribution in [3.63, 3.8) is 0 Å². The first kappa shape index (κ1) is 23.9. The highest BCUT2D eigenvalue weighted by Gasteiger charge is 2.27. The lowest BCUT2D eigenvalue weighted by Crippen LogP contribution is -2.42. The van der Waals surface area contributed by atoms with Crippen molar-refractivity contribution in [1.29, 1.82) is 5.26 Å². The second-order valence-corrected chi connectivity index (χ2v) is 9.15. The quantitative estimate of drug-likeness (QED) is 0.267. The van der Waals surface area contributed by atoms with E-state index in [0.29, 0.717) is 28.4 Å². The van der Waals surface area contributed by atoms with E-state index in [0.717, 1.165) is 16.3 Å². The van der Waals surface area contributed by atoms with Gasteiger partial charge in [-0.15, -0.1) is 0 Å². The Morgan fingerprint density at radius 3 is 2.81 bits per heavy atom. The third kappa shape index (κ3) is 4.82. The van der Waals surface area contributed by atoms with E-state index in [-0.39, 0.29) is 12.1 Å². The molecule has 37 heavy (non-hydrogen) atoms. The van der Waals surface area contributed by atoms with E-state index < -0.39 is 17.7 Å². The van der Waals surface area contributed by atoms with Crippen molar-refractivity contribution < 1.29 is 14.3 Å². The highest BCUT2D eigenvalue weighted by molar-refractivity contribution is 6.00. The van der Waals surface area contributed by atoms with Gasteiger partial charge >= 0.3 is 0 Å². The number of aromatic nitrogens is 5. The average molecular weight is 499 g/mol. The summed E-state index contributed by atoms with van der Waals surface area (Å²) >= 11 is 0. The number of pyridine rings is 2. The zero-order valence-electron chi connectivity index (χ0n) is 20.0. The Labute approximate surface area is 210 Å². The number of aliphatic hydroxyl groups is 1. The predicted octanol–water partition coefficient (Wildman–Crippen LogP) is 3.75. The molecule has 0 saturated carbocycles. The summed E-state index contributed by atoms with van der Waals surface area (Å²) in [5, 5.41) is 33.4. The van der Waals surface area contributed by atoms with Gasteiger partial charge in [0.2, 0.25) is 0 Å². The van der Waals surface area contributed by atoms with Crippen molar-refractivity contribution in [2.75, 3.05) is 11.9 Å². The lowest BCUT2D eigenvalue weighted by Gasteiger charge is -2.22. The van der Waals surface area contributed by atoms with Gasteiger partial charge in [-0.1, -0.05) is 0 Å². The second kappa shape index (κ2) is 9.33. The summed E-state index contributed by atoms with van der Waals surface area (Å²) in [4.78, 5) is 21.9. The zero-order valence-corrected chi connectivity index (χ0v) is 20.0.